The van der Waals surface area contributed by atoms with Gasteiger partial charge in [-0.1, -0.05) is 58.4 Å². The second-order valence-electron chi connectivity index (χ2n) is 11.7. The molecule has 2 unspecified atom stereocenters. The second-order valence-corrected chi connectivity index (χ2v) is 11.7. The minimum Gasteiger partial charge on any atom is -0.508 e. The molecule has 1 aliphatic rings. The number of methoxy groups -OCH3 is 1. The maximum Gasteiger partial charge on any atom is 0.238 e. The van der Waals surface area contributed by atoms with Gasteiger partial charge in [0.25, 0.3) is 0 Å². The lowest BCUT2D eigenvalue weighted by molar-refractivity contribution is -0.0123. The summed E-state index contributed by atoms with van der Waals surface area (Å²) in [5.74, 6) is 1.16. The summed E-state index contributed by atoms with van der Waals surface area (Å²) in [5.41, 5.74) is 0.435. The van der Waals surface area contributed by atoms with Crippen LogP contribution >= 0.6 is 0 Å². The lowest BCUT2D eigenvalue weighted by Crippen LogP contribution is -2.36. The van der Waals surface area contributed by atoms with Gasteiger partial charge in [-0.15, -0.1) is 0 Å². The van der Waals surface area contributed by atoms with E-state index < -0.39 is 23.4 Å². The normalized spacial score (nSPS) is 15.5. The van der Waals surface area contributed by atoms with Crippen LogP contribution in [0.3, 0.4) is 0 Å². The smallest absolute Gasteiger partial charge is 0.238 e. The highest BCUT2D eigenvalue weighted by Crippen LogP contribution is 2.44. The molecule has 0 bridgehead atoms. The van der Waals surface area contributed by atoms with Gasteiger partial charge in [0, 0.05) is 23.3 Å². The molecule has 2 heterocycles. The standard InChI is InChI=1S/C37H44O10/c1-4-6-8-10-16-43-26-14-12-23(18-28(26)42-3)36-32(22-38)45-27-15-13-24(19-29(27)46-36)37-35(41)34(40)33-30(44-17-11-9-7-5-2)20-25(39)21-31(33)47-37/h12-15,18-21,32,36,38-39,41H,4-11,16-17,22H2,1-3H3. The van der Waals surface area contributed by atoms with Gasteiger partial charge < -0.3 is 43.4 Å². The van der Waals surface area contributed by atoms with Crippen LogP contribution in [-0.4, -0.2) is 48.4 Å². The van der Waals surface area contributed by atoms with Gasteiger partial charge in [0.05, 0.1) is 26.9 Å². The lowest BCUT2D eigenvalue weighted by Gasteiger charge is -2.33. The molecule has 10 heteroatoms. The monoisotopic (exact) mass is 648 g/mol. The number of benzene rings is 3. The Morgan fingerprint density at radius 3 is 2.17 bits per heavy atom. The van der Waals surface area contributed by atoms with Crippen LogP contribution < -0.4 is 29.1 Å². The van der Waals surface area contributed by atoms with Crippen LogP contribution in [0.5, 0.6) is 40.2 Å². The summed E-state index contributed by atoms with van der Waals surface area (Å²) in [7, 11) is 1.57. The topological polar surface area (TPSA) is 137 Å². The second kappa shape index (κ2) is 15.8. The first-order valence-corrected chi connectivity index (χ1v) is 16.4. The van der Waals surface area contributed by atoms with Gasteiger partial charge in [0.1, 0.15) is 22.5 Å². The fraction of sp³-hybridized carbons (Fsp3) is 0.432. The highest BCUT2D eigenvalue weighted by Gasteiger charge is 2.34. The van der Waals surface area contributed by atoms with Crippen LogP contribution in [-0.2, 0) is 0 Å². The Labute approximate surface area is 274 Å². The Bertz CT molecular complexity index is 1710. The fourth-order valence-corrected chi connectivity index (χ4v) is 5.66. The van der Waals surface area contributed by atoms with E-state index in [9.17, 15) is 20.1 Å². The summed E-state index contributed by atoms with van der Waals surface area (Å²) in [6.07, 6.45) is 6.86. The summed E-state index contributed by atoms with van der Waals surface area (Å²) in [6.45, 7) is 4.91. The minimum absolute atomic E-state index is 0.0465. The molecule has 2 atom stereocenters. The fourth-order valence-electron chi connectivity index (χ4n) is 5.66. The number of aliphatic hydroxyl groups is 1. The van der Waals surface area contributed by atoms with E-state index in [1.54, 1.807) is 31.4 Å². The van der Waals surface area contributed by atoms with Gasteiger partial charge in [-0.2, -0.15) is 0 Å². The van der Waals surface area contributed by atoms with Gasteiger partial charge >= 0.3 is 0 Å². The van der Waals surface area contributed by atoms with Crippen molar-refractivity contribution in [2.24, 2.45) is 0 Å². The average molecular weight is 649 g/mol. The molecule has 0 amide bonds. The number of rotatable bonds is 16. The van der Waals surface area contributed by atoms with E-state index in [0.29, 0.717) is 47.3 Å². The maximum absolute atomic E-state index is 13.4. The van der Waals surface area contributed by atoms with Crippen molar-refractivity contribution < 1.29 is 43.4 Å². The Morgan fingerprint density at radius 2 is 1.49 bits per heavy atom. The molecular weight excluding hydrogens is 604 g/mol. The van der Waals surface area contributed by atoms with Crippen molar-refractivity contribution in [2.45, 2.75) is 77.4 Å². The number of ether oxygens (including phenoxy) is 5. The molecule has 47 heavy (non-hydrogen) atoms. The molecule has 5 rings (SSSR count). The first kappa shape index (κ1) is 33.8. The Kier molecular flexibility index (Phi) is 11.4. The summed E-state index contributed by atoms with van der Waals surface area (Å²) in [4.78, 5) is 13.4. The van der Waals surface area contributed by atoms with Crippen LogP contribution in [0.2, 0.25) is 0 Å². The Hall–Kier alpha value is -4.57. The van der Waals surface area contributed by atoms with Gasteiger partial charge in [-0.25, -0.2) is 0 Å². The van der Waals surface area contributed by atoms with E-state index in [4.69, 9.17) is 28.1 Å². The van der Waals surface area contributed by atoms with E-state index in [1.807, 2.05) is 12.1 Å². The highest BCUT2D eigenvalue weighted by atomic mass is 16.6. The first-order chi connectivity index (χ1) is 22.9. The highest BCUT2D eigenvalue weighted by molar-refractivity contribution is 5.88. The molecule has 4 aromatic rings. The van der Waals surface area contributed by atoms with Crippen LogP contribution in [0.1, 0.15) is 76.9 Å². The predicted octanol–water partition coefficient (Wildman–Crippen LogP) is 7.67. The van der Waals surface area contributed by atoms with Gasteiger partial charge in [0.2, 0.25) is 11.2 Å². The molecule has 3 N–H and O–H groups in total. The third-order valence-electron chi connectivity index (χ3n) is 8.20. The Balaban J connectivity index is 1.42. The molecule has 3 aromatic carbocycles. The lowest BCUT2D eigenvalue weighted by atomic mass is 10.0. The average Bonchev–Trinajstić information content (AvgIpc) is 3.08. The zero-order chi connectivity index (χ0) is 33.3. The van der Waals surface area contributed by atoms with Gasteiger partial charge in [-0.3, -0.25) is 4.79 Å². The van der Waals surface area contributed by atoms with Crippen molar-refractivity contribution in [1.82, 2.24) is 0 Å². The van der Waals surface area contributed by atoms with Crippen molar-refractivity contribution in [3.8, 4) is 51.6 Å². The van der Waals surface area contributed by atoms with Crippen LogP contribution in [0.15, 0.2) is 57.7 Å². The quantitative estimate of drug-likeness (QED) is 0.104. The zero-order valence-electron chi connectivity index (χ0n) is 27.3. The van der Waals surface area contributed by atoms with Crippen molar-refractivity contribution in [3.05, 3.63) is 64.3 Å². The SMILES string of the molecule is CCCCCCOc1ccc(C2Oc3cc(-c4oc5cc(O)cc(OCCCCCC)c5c(=O)c4O)ccc3OC2CO)cc1OC. The predicted molar refractivity (Wildman–Crippen MR) is 178 cm³/mol. The summed E-state index contributed by atoms with van der Waals surface area (Å²) in [6, 6.07) is 13.0. The summed E-state index contributed by atoms with van der Waals surface area (Å²) in [5, 5.41) is 31.6. The molecular formula is C37H44O10. The number of aliphatic hydroxyl groups excluding tert-OH is 1. The van der Waals surface area contributed by atoms with Gasteiger partial charge in [0.15, 0.2) is 41.0 Å². The minimum atomic E-state index is -0.714. The van der Waals surface area contributed by atoms with Gasteiger partial charge in [-0.05, 0) is 43.2 Å². The molecule has 1 aromatic heterocycles. The third-order valence-corrected chi connectivity index (χ3v) is 8.20. The zero-order valence-corrected chi connectivity index (χ0v) is 27.3. The van der Waals surface area contributed by atoms with Crippen molar-refractivity contribution >= 4 is 11.0 Å². The van der Waals surface area contributed by atoms with E-state index in [-0.39, 0.29) is 34.8 Å². The van der Waals surface area contributed by atoms with Crippen molar-refractivity contribution in [2.75, 3.05) is 26.9 Å². The molecule has 1 aliphatic heterocycles. The van der Waals surface area contributed by atoms with Crippen LogP contribution in [0, 0.1) is 0 Å². The van der Waals surface area contributed by atoms with E-state index in [1.165, 1.54) is 12.1 Å². The molecule has 0 spiro atoms. The number of phenolic OH excluding ortho intramolecular Hbond substituents is 1. The van der Waals surface area contributed by atoms with Crippen LogP contribution in [0.25, 0.3) is 22.3 Å². The molecule has 0 aliphatic carbocycles. The van der Waals surface area contributed by atoms with Crippen molar-refractivity contribution in [1.29, 1.82) is 0 Å². The number of hydrogen-bond donors (Lipinski definition) is 3. The number of phenols is 1. The molecule has 0 saturated carbocycles. The number of unbranched alkanes of at least 4 members (excludes halogenated alkanes) is 6. The van der Waals surface area contributed by atoms with Crippen molar-refractivity contribution in [3.63, 3.8) is 0 Å². The van der Waals surface area contributed by atoms with Crippen LogP contribution in [0.4, 0.5) is 0 Å². The number of aromatic hydroxyl groups is 2. The van der Waals surface area contributed by atoms with E-state index >= 15 is 0 Å². The number of fused-ring (bicyclic) bond motifs is 2. The molecule has 0 saturated heterocycles. The molecule has 0 fully saturated rings. The molecule has 10 nitrogen and oxygen atoms in total. The largest absolute Gasteiger partial charge is 0.508 e. The number of hydrogen-bond acceptors (Lipinski definition) is 10. The van der Waals surface area contributed by atoms with E-state index in [2.05, 4.69) is 13.8 Å². The summed E-state index contributed by atoms with van der Waals surface area (Å²) >= 11 is 0. The maximum atomic E-state index is 13.4. The molecule has 252 valence electrons. The third kappa shape index (κ3) is 7.71. The summed E-state index contributed by atoms with van der Waals surface area (Å²) < 4.78 is 35.9. The Morgan fingerprint density at radius 1 is 0.766 bits per heavy atom. The van der Waals surface area contributed by atoms with E-state index in [0.717, 1.165) is 51.4 Å². The molecule has 0 radical (unpaired) electrons. The first-order valence-electron chi connectivity index (χ1n) is 16.4.